The van der Waals surface area contributed by atoms with Crippen LogP contribution in [0.15, 0.2) is 23.0 Å². The van der Waals surface area contributed by atoms with Gasteiger partial charge in [0.1, 0.15) is 0 Å². The van der Waals surface area contributed by atoms with Gasteiger partial charge in [-0.3, -0.25) is 14.7 Å². The summed E-state index contributed by atoms with van der Waals surface area (Å²) in [6.45, 7) is 1.27. The van der Waals surface area contributed by atoms with Crippen LogP contribution in [0, 0.1) is 10.1 Å². The summed E-state index contributed by atoms with van der Waals surface area (Å²) in [5, 5.41) is 10.7. The van der Waals surface area contributed by atoms with Gasteiger partial charge in [-0.2, -0.15) is 0 Å². The van der Waals surface area contributed by atoms with Crippen LogP contribution in [0.5, 0.6) is 0 Å². The standard InChI is InChI=1S/C11H14N4O3.ClH/c1-13(2)5-6-14-10-4-3-8(15(17)18)7-9(10)12-11(14)16;/h3-4,7H,5-6H2,1-2H3,(H,12,16);1H. The first-order valence-corrected chi connectivity index (χ1v) is 5.51. The van der Waals surface area contributed by atoms with Gasteiger partial charge in [-0.1, -0.05) is 0 Å². The Labute approximate surface area is 115 Å². The fourth-order valence-corrected chi connectivity index (χ4v) is 1.79. The highest BCUT2D eigenvalue weighted by atomic mass is 35.5. The number of nitro groups is 1. The molecule has 0 saturated carbocycles. The Balaban J connectivity index is 0.00000180. The van der Waals surface area contributed by atoms with Gasteiger partial charge >= 0.3 is 5.69 Å². The lowest BCUT2D eigenvalue weighted by molar-refractivity contribution is -0.384. The summed E-state index contributed by atoms with van der Waals surface area (Å²) >= 11 is 0. The molecular formula is C11H15ClN4O3. The number of imidazole rings is 1. The molecule has 0 saturated heterocycles. The van der Waals surface area contributed by atoms with Crippen LogP contribution in [0.3, 0.4) is 0 Å². The predicted octanol–water partition coefficient (Wildman–Crippen LogP) is 1.22. The molecular weight excluding hydrogens is 272 g/mol. The number of hydrogen-bond acceptors (Lipinski definition) is 4. The molecule has 0 atom stereocenters. The molecule has 2 aromatic rings. The number of likely N-dealkylation sites (N-methyl/N-ethyl adjacent to an activating group) is 1. The smallest absolute Gasteiger partial charge is 0.308 e. The maximum atomic E-state index is 11.8. The highest BCUT2D eigenvalue weighted by molar-refractivity contribution is 5.85. The molecule has 0 amide bonds. The number of fused-ring (bicyclic) bond motifs is 1. The Bertz CT molecular complexity index is 647. The van der Waals surface area contributed by atoms with E-state index in [1.165, 1.54) is 12.1 Å². The van der Waals surface area contributed by atoms with Gasteiger partial charge in [-0.05, 0) is 20.2 Å². The second kappa shape index (κ2) is 5.85. The van der Waals surface area contributed by atoms with Crippen LogP contribution in [-0.2, 0) is 6.54 Å². The average Bonchev–Trinajstić information content (AvgIpc) is 2.60. The van der Waals surface area contributed by atoms with Gasteiger partial charge in [-0.15, -0.1) is 12.4 Å². The summed E-state index contributed by atoms with van der Waals surface area (Å²) in [7, 11) is 3.84. The molecule has 1 N–H and O–H groups in total. The molecule has 0 bridgehead atoms. The van der Waals surface area contributed by atoms with E-state index in [1.54, 1.807) is 10.6 Å². The van der Waals surface area contributed by atoms with Gasteiger partial charge in [0.2, 0.25) is 0 Å². The van der Waals surface area contributed by atoms with Crippen LogP contribution in [0.2, 0.25) is 0 Å². The average molecular weight is 287 g/mol. The third-order valence-corrected chi connectivity index (χ3v) is 2.74. The van der Waals surface area contributed by atoms with Crippen LogP contribution < -0.4 is 5.69 Å². The molecule has 104 valence electrons. The Morgan fingerprint density at radius 2 is 2.11 bits per heavy atom. The second-order valence-corrected chi connectivity index (χ2v) is 4.34. The minimum Gasteiger partial charge on any atom is -0.308 e. The van der Waals surface area contributed by atoms with Gasteiger partial charge in [0.25, 0.3) is 5.69 Å². The summed E-state index contributed by atoms with van der Waals surface area (Å²) < 4.78 is 1.58. The van der Waals surface area contributed by atoms with Gasteiger partial charge in [0.05, 0.1) is 16.0 Å². The zero-order valence-corrected chi connectivity index (χ0v) is 11.4. The molecule has 19 heavy (non-hydrogen) atoms. The first-order chi connectivity index (χ1) is 8.49. The molecule has 0 aliphatic rings. The molecule has 0 aliphatic heterocycles. The van der Waals surface area contributed by atoms with Crippen LogP contribution in [0.4, 0.5) is 5.69 Å². The first kappa shape index (κ1) is 15.2. The van der Waals surface area contributed by atoms with Crippen molar-refractivity contribution < 1.29 is 4.92 Å². The summed E-state index contributed by atoms with van der Waals surface area (Å²) in [6, 6.07) is 4.38. The van der Waals surface area contributed by atoms with Crippen molar-refractivity contribution >= 4 is 29.1 Å². The minimum absolute atomic E-state index is 0. The molecule has 0 radical (unpaired) electrons. The van der Waals surface area contributed by atoms with E-state index in [-0.39, 0.29) is 23.8 Å². The number of nitrogens with zero attached hydrogens (tertiary/aromatic N) is 3. The van der Waals surface area contributed by atoms with Crippen molar-refractivity contribution in [1.29, 1.82) is 0 Å². The van der Waals surface area contributed by atoms with Crippen molar-refractivity contribution in [2.24, 2.45) is 0 Å². The Morgan fingerprint density at radius 1 is 1.42 bits per heavy atom. The number of benzene rings is 1. The zero-order chi connectivity index (χ0) is 13.3. The van der Waals surface area contributed by atoms with Crippen LogP contribution in [-0.4, -0.2) is 40.0 Å². The highest BCUT2D eigenvalue weighted by Crippen LogP contribution is 2.18. The molecule has 1 heterocycles. The van der Waals surface area contributed by atoms with Crippen molar-refractivity contribution in [2.45, 2.75) is 6.54 Å². The first-order valence-electron chi connectivity index (χ1n) is 5.51. The van der Waals surface area contributed by atoms with Gasteiger partial charge in [0.15, 0.2) is 0 Å². The van der Waals surface area contributed by atoms with E-state index in [9.17, 15) is 14.9 Å². The Morgan fingerprint density at radius 3 is 2.68 bits per heavy atom. The van der Waals surface area contributed by atoms with Crippen LogP contribution >= 0.6 is 12.4 Å². The zero-order valence-electron chi connectivity index (χ0n) is 10.6. The molecule has 1 aromatic carbocycles. The van der Waals surface area contributed by atoms with Crippen LogP contribution in [0.1, 0.15) is 0 Å². The molecule has 0 aliphatic carbocycles. The SMILES string of the molecule is CN(C)CCn1c(=O)[nH]c2cc([N+](=O)[O-])ccc21.Cl. The number of nitrogens with one attached hydrogen (secondary N) is 1. The van der Waals surface area contributed by atoms with Gasteiger partial charge < -0.3 is 9.88 Å². The largest absolute Gasteiger partial charge is 0.326 e. The highest BCUT2D eigenvalue weighted by Gasteiger charge is 2.11. The monoisotopic (exact) mass is 286 g/mol. The number of hydrogen-bond donors (Lipinski definition) is 1. The van der Waals surface area contributed by atoms with E-state index in [0.717, 1.165) is 6.54 Å². The van der Waals surface area contributed by atoms with Crippen molar-refractivity contribution in [1.82, 2.24) is 14.5 Å². The minimum atomic E-state index is -0.477. The lowest BCUT2D eigenvalue weighted by atomic mass is 10.3. The molecule has 2 rings (SSSR count). The number of aromatic amines is 1. The van der Waals surface area contributed by atoms with Gasteiger partial charge in [-0.25, -0.2) is 4.79 Å². The third-order valence-electron chi connectivity index (χ3n) is 2.74. The van der Waals surface area contributed by atoms with Crippen LogP contribution in [0.25, 0.3) is 11.0 Å². The normalized spacial score (nSPS) is 10.7. The maximum absolute atomic E-state index is 11.8. The molecule has 0 spiro atoms. The molecule has 7 nitrogen and oxygen atoms in total. The summed E-state index contributed by atoms with van der Waals surface area (Å²) in [6.07, 6.45) is 0. The lowest BCUT2D eigenvalue weighted by Gasteiger charge is -2.09. The molecule has 1 aromatic heterocycles. The summed E-state index contributed by atoms with van der Waals surface area (Å²) in [5.41, 5.74) is 0.913. The number of rotatable bonds is 4. The van der Waals surface area contributed by atoms with E-state index >= 15 is 0 Å². The van der Waals surface area contributed by atoms with Crippen molar-refractivity contribution in [3.05, 3.63) is 38.8 Å². The molecule has 8 heteroatoms. The molecule has 0 unspecified atom stereocenters. The van der Waals surface area contributed by atoms with Crippen molar-refractivity contribution in [2.75, 3.05) is 20.6 Å². The quantitative estimate of drug-likeness (QED) is 0.676. The second-order valence-electron chi connectivity index (χ2n) is 4.34. The number of non-ortho nitro benzene ring substituents is 1. The lowest BCUT2D eigenvalue weighted by Crippen LogP contribution is -2.24. The fraction of sp³-hybridized carbons (Fsp3) is 0.364. The van der Waals surface area contributed by atoms with E-state index in [2.05, 4.69) is 4.98 Å². The summed E-state index contributed by atoms with van der Waals surface area (Å²) in [4.78, 5) is 26.5. The van der Waals surface area contributed by atoms with E-state index < -0.39 is 4.92 Å². The van der Waals surface area contributed by atoms with Crippen molar-refractivity contribution in [3.8, 4) is 0 Å². The Kier molecular flexibility index (Phi) is 4.68. The van der Waals surface area contributed by atoms with E-state index in [1.807, 2.05) is 19.0 Å². The maximum Gasteiger partial charge on any atom is 0.326 e. The summed E-state index contributed by atoms with van der Waals surface area (Å²) in [5.74, 6) is 0. The third kappa shape index (κ3) is 3.12. The van der Waals surface area contributed by atoms with E-state index in [4.69, 9.17) is 0 Å². The molecule has 0 fully saturated rings. The van der Waals surface area contributed by atoms with Crippen molar-refractivity contribution in [3.63, 3.8) is 0 Å². The number of H-pyrrole nitrogens is 1. The number of aromatic nitrogens is 2. The Hall–Kier alpha value is -1.86. The fourth-order valence-electron chi connectivity index (χ4n) is 1.79. The number of halogens is 1. The van der Waals surface area contributed by atoms with E-state index in [0.29, 0.717) is 17.6 Å². The topological polar surface area (TPSA) is 84.2 Å². The van der Waals surface area contributed by atoms with Gasteiger partial charge in [0, 0.05) is 25.2 Å². The predicted molar refractivity (Wildman–Crippen MR) is 75.0 cm³/mol. The number of nitro benzene ring substituents is 1.